The van der Waals surface area contributed by atoms with Gasteiger partial charge in [0, 0.05) is 35.7 Å². The zero-order valence-corrected chi connectivity index (χ0v) is 17.5. The van der Waals surface area contributed by atoms with Crippen molar-refractivity contribution in [2.75, 3.05) is 19.0 Å². The molecule has 2 heterocycles. The molecule has 4 rings (SSSR count). The Labute approximate surface area is 177 Å². The lowest BCUT2D eigenvalue weighted by atomic mass is 10.00. The average molecular weight is 405 g/mol. The average Bonchev–Trinajstić information content (AvgIpc) is 2.77. The molecule has 0 bridgehead atoms. The fraction of sp³-hybridized carbons (Fsp3) is 0.174. The van der Waals surface area contributed by atoms with Crippen LogP contribution in [0, 0.1) is 0 Å². The first-order valence-electron chi connectivity index (χ1n) is 9.28. The molecule has 0 aliphatic heterocycles. The molecule has 2 aromatic heterocycles. The molecule has 0 saturated heterocycles. The van der Waals surface area contributed by atoms with Crippen molar-refractivity contribution in [1.82, 2.24) is 15.0 Å². The first-order chi connectivity index (χ1) is 13.7. The van der Waals surface area contributed by atoms with Gasteiger partial charge in [0.15, 0.2) is 0 Å². The minimum Gasteiger partial charge on any atom is -0.496 e. The van der Waals surface area contributed by atoms with E-state index in [0.29, 0.717) is 0 Å². The van der Waals surface area contributed by atoms with Gasteiger partial charge in [0.05, 0.1) is 18.3 Å². The molecule has 0 radical (unpaired) electrons. The van der Waals surface area contributed by atoms with Crippen LogP contribution in [0.15, 0.2) is 73.2 Å². The normalized spacial score (nSPS) is 11.5. The van der Waals surface area contributed by atoms with Gasteiger partial charge in [0.2, 0.25) is 0 Å². The molecule has 4 aromatic rings. The van der Waals surface area contributed by atoms with E-state index in [4.69, 9.17) is 4.74 Å². The number of para-hydroxylation sites is 1. The summed E-state index contributed by atoms with van der Waals surface area (Å²) in [5, 5.41) is 4.52. The molecule has 0 saturated carbocycles. The maximum Gasteiger partial charge on any atom is 0.129 e. The number of benzene rings is 2. The Morgan fingerprint density at radius 2 is 1.83 bits per heavy atom. The SMILES string of the molecule is COc1ccccc1[C@H](C)CNc1cc(-c2ccc3ncccc3c2)ncn1.S. The van der Waals surface area contributed by atoms with Gasteiger partial charge in [-0.05, 0) is 29.8 Å². The Morgan fingerprint density at radius 1 is 0.966 bits per heavy atom. The molecule has 6 heteroatoms. The van der Waals surface area contributed by atoms with Crippen molar-refractivity contribution >= 4 is 30.2 Å². The standard InChI is InChI=1S/C23H22N4O.H2S/c1-16(19-7-3-4-8-22(19)28-2)14-25-23-13-21(26-15-27-23)18-9-10-20-17(12-18)6-5-11-24-20;/h3-13,15-16H,14H2,1-2H3,(H,25,26,27);1H2/t16-;/m1./s1. The monoisotopic (exact) mass is 404 g/mol. The van der Waals surface area contributed by atoms with E-state index < -0.39 is 0 Å². The molecule has 148 valence electrons. The van der Waals surface area contributed by atoms with Crippen molar-refractivity contribution in [1.29, 1.82) is 0 Å². The fourth-order valence-electron chi connectivity index (χ4n) is 3.29. The third-order valence-corrected chi connectivity index (χ3v) is 4.83. The molecule has 1 N–H and O–H groups in total. The lowest BCUT2D eigenvalue weighted by molar-refractivity contribution is 0.407. The van der Waals surface area contributed by atoms with Crippen molar-refractivity contribution in [3.8, 4) is 17.0 Å². The van der Waals surface area contributed by atoms with Crippen LogP contribution in [-0.4, -0.2) is 28.6 Å². The zero-order chi connectivity index (χ0) is 19.3. The van der Waals surface area contributed by atoms with Gasteiger partial charge in [0.25, 0.3) is 0 Å². The van der Waals surface area contributed by atoms with Crippen LogP contribution in [0.3, 0.4) is 0 Å². The highest BCUT2D eigenvalue weighted by molar-refractivity contribution is 7.59. The Bertz CT molecular complexity index is 1100. The third kappa shape index (κ3) is 4.66. The minimum absolute atomic E-state index is 0. The van der Waals surface area contributed by atoms with E-state index >= 15 is 0 Å². The first-order valence-corrected chi connectivity index (χ1v) is 9.28. The number of rotatable bonds is 6. The highest BCUT2D eigenvalue weighted by Crippen LogP contribution is 2.27. The molecular formula is C23H24N4OS. The van der Waals surface area contributed by atoms with Crippen LogP contribution in [0.25, 0.3) is 22.2 Å². The summed E-state index contributed by atoms with van der Waals surface area (Å²) in [4.78, 5) is 13.2. The van der Waals surface area contributed by atoms with E-state index in [2.05, 4.69) is 45.4 Å². The second-order valence-corrected chi connectivity index (χ2v) is 6.72. The smallest absolute Gasteiger partial charge is 0.129 e. The van der Waals surface area contributed by atoms with Gasteiger partial charge < -0.3 is 10.1 Å². The van der Waals surface area contributed by atoms with Crippen molar-refractivity contribution < 1.29 is 4.74 Å². The summed E-state index contributed by atoms with van der Waals surface area (Å²) >= 11 is 0. The van der Waals surface area contributed by atoms with Crippen molar-refractivity contribution in [2.45, 2.75) is 12.8 Å². The molecule has 0 aliphatic rings. The van der Waals surface area contributed by atoms with Crippen molar-refractivity contribution in [3.05, 3.63) is 78.8 Å². The molecule has 5 nitrogen and oxygen atoms in total. The van der Waals surface area contributed by atoms with Crippen molar-refractivity contribution in [3.63, 3.8) is 0 Å². The number of pyridine rings is 1. The molecule has 0 amide bonds. The largest absolute Gasteiger partial charge is 0.496 e. The highest BCUT2D eigenvalue weighted by Gasteiger charge is 2.11. The Morgan fingerprint density at radius 3 is 2.69 bits per heavy atom. The summed E-state index contributed by atoms with van der Waals surface area (Å²) in [5.74, 6) is 1.99. The van der Waals surface area contributed by atoms with E-state index in [1.165, 1.54) is 5.56 Å². The quantitative estimate of drug-likeness (QED) is 0.488. The number of methoxy groups -OCH3 is 1. The number of aromatic nitrogens is 3. The highest BCUT2D eigenvalue weighted by atomic mass is 32.1. The van der Waals surface area contributed by atoms with Crippen LogP contribution in [0.1, 0.15) is 18.4 Å². The Hall–Kier alpha value is -3.12. The molecular weight excluding hydrogens is 380 g/mol. The molecule has 0 unspecified atom stereocenters. The summed E-state index contributed by atoms with van der Waals surface area (Å²) in [7, 11) is 1.70. The second-order valence-electron chi connectivity index (χ2n) is 6.72. The van der Waals surface area contributed by atoms with E-state index in [1.807, 2.05) is 42.5 Å². The fourth-order valence-corrected chi connectivity index (χ4v) is 3.29. The van der Waals surface area contributed by atoms with Gasteiger partial charge >= 0.3 is 0 Å². The summed E-state index contributed by atoms with van der Waals surface area (Å²) in [5.41, 5.74) is 4.08. The summed E-state index contributed by atoms with van der Waals surface area (Å²) in [6.07, 6.45) is 3.40. The molecule has 0 spiro atoms. The molecule has 2 aromatic carbocycles. The minimum atomic E-state index is 0. The predicted octanol–water partition coefficient (Wildman–Crippen LogP) is 5.03. The van der Waals surface area contributed by atoms with Gasteiger partial charge in [-0.15, -0.1) is 0 Å². The Kier molecular flexibility index (Phi) is 6.67. The number of anilines is 1. The molecule has 0 fully saturated rings. The predicted molar refractivity (Wildman–Crippen MR) is 123 cm³/mol. The number of nitrogens with zero attached hydrogens (tertiary/aromatic N) is 3. The van der Waals surface area contributed by atoms with E-state index in [1.54, 1.807) is 19.6 Å². The van der Waals surface area contributed by atoms with Gasteiger partial charge in [-0.3, -0.25) is 4.98 Å². The van der Waals surface area contributed by atoms with Crippen LogP contribution >= 0.6 is 13.5 Å². The Balaban J connectivity index is 0.00000240. The number of hydrogen-bond donors (Lipinski definition) is 1. The number of fused-ring (bicyclic) bond motifs is 1. The number of nitrogens with one attached hydrogen (secondary N) is 1. The maximum absolute atomic E-state index is 5.47. The first kappa shape index (κ1) is 20.6. The van der Waals surface area contributed by atoms with E-state index in [-0.39, 0.29) is 19.4 Å². The van der Waals surface area contributed by atoms with Gasteiger partial charge in [0.1, 0.15) is 17.9 Å². The molecule has 29 heavy (non-hydrogen) atoms. The lowest BCUT2D eigenvalue weighted by Crippen LogP contribution is -2.12. The van der Waals surface area contributed by atoms with Gasteiger partial charge in [-0.1, -0.05) is 37.3 Å². The van der Waals surface area contributed by atoms with Gasteiger partial charge in [-0.2, -0.15) is 13.5 Å². The van der Waals surface area contributed by atoms with Crippen LogP contribution in [0.5, 0.6) is 5.75 Å². The number of hydrogen-bond acceptors (Lipinski definition) is 5. The van der Waals surface area contributed by atoms with Crippen LogP contribution in [0.2, 0.25) is 0 Å². The zero-order valence-electron chi connectivity index (χ0n) is 16.5. The molecule has 0 aliphatic carbocycles. The maximum atomic E-state index is 5.47. The summed E-state index contributed by atoms with van der Waals surface area (Å²) in [6.45, 7) is 2.92. The topological polar surface area (TPSA) is 59.9 Å². The van der Waals surface area contributed by atoms with Crippen LogP contribution < -0.4 is 10.1 Å². The molecule has 1 atom stereocenters. The second kappa shape index (κ2) is 9.39. The lowest BCUT2D eigenvalue weighted by Gasteiger charge is -2.16. The van der Waals surface area contributed by atoms with Crippen LogP contribution in [0.4, 0.5) is 5.82 Å². The van der Waals surface area contributed by atoms with Gasteiger partial charge in [-0.25, -0.2) is 9.97 Å². The van der Waals surface area contributed by atoms with Crippen LogP contribution in [-0.2, 0) is 0 Å². The summed E-state index contributed by atoms with van der Waals surface area (Å²) in [6, 6.07) is 20.2. The summed E-state index contributed by atoms with van der Waals surface area (Å²) < 4.78 is 5.47. The van der Waals surface area contributed by atoms with Crippen molar-refractivity contribution in [2.24, 2.45) is 0 Å². The van der Waals surface area contributed by atoms with E-state index in [9.17, 15) is 0 Å². The third-order valence-electron chi connectivity index (χ3n) is 4.83. The van der Waals surface area contributed by atoms with E-state index in [0.717, 1.165) is 40.3 Å². The number of ether oxygens (including phenoxy) is 1.